The van der Waals surface area contributed by atoms with Gasteiger partial charge in [-0.3, -0.25) is 30.0 Å². The van der Waals surface area contributed by atoms with Gasteiger partial charge in [-0.25, -0.2) is 0 Å². The van der Waals surface area contributed by atoms with E-state index in [4.69, 9.17) is 0 Å². The van der Waals surface area contributed by atoms with E-state index in [0.717, 1.165) is 25.1 Å². The molecule has 3 aromatic rings. The SMILES string of the molecule is CCn1c(=O)c(=O)[nH]c2cc(C(=O)NNC(=O)CN3CCCc4ccccc43)ccc21. The second-order valence-electron chi connectivity index (χ2n) is 7.39. The highest BCUT2D eigenvalue weighted by Gasteiger charge is 2.19. The standard InChI is InChI=1S/C22H23N5O4/c1-2-27-18-10-9-15(12-16(18)23-21(30)22(27)31)20(29)25-24-19(28)13-26-11-5-7-14-6-3-4-8-17(14)26/h3-4,6,8-10,12H,2,5,7,11,13H2,1H3,(H,23,30)(H,24,28)(H,25,29). The van der Waals surface area contributed by atoms with Crippen LogP contribution in [0.25, 0.3) is 11.0 Å². The molecule has 0 bridgehead atoms. The highest BCUT2D eigenvalue weighted by Crippen LogP contribution is 2.26. The zero-order valence-corrected chi connectivity index (χ0v) is 17.1. The Kier molecular flexibility index (Phi) is 5.57. The highest BCUT2D eigenvalue weighted by molar-refractivity contribution is 5.98. The third-order valence-corrected chi connectivity index (χ3v) is 5.41. The molecular weight excluding hydrogens is 398 g/mol. The second-order valence-corrected chi connectivity index (χ2v) is 7.39. The summed E-state index contributed by atoms with van der Waals surface area (Å²) in [5.41, 5.74) is 6.85. The first-order valence-corrected chi connectivity index (χ1v) is 10.2. The Bertz CT molecular complexity index is 1280. The maximum absolute atomic E-state index is 12.5. The lowest BCUT2D eigenvalue weighted by Gasteiger charge is -2.30. The van der Waals surface area contributed by atoms with E-state index in [9.17, 15) is 19.2 Å². The van der Waals surface area contributed by atoms with Gasteiger partial charge in [-0.05, 0) is 49.6 Å². The molecule has 9 heteroatoms. The molecule has 0 saturated carbocycles. The Hall–Kier alpha value is -3.88. The van der Waals surface area contributed by atoms with Crippen LogP contribution in [0.4, 0.5) is 5.69 Å². The second kappa shape index (κ2) is 8.47. The third-order valence-electron chi connectivity index (χ3n) is 5.41. The van der Waals surface area contributed by atoms with E-state index in [-0.39, 0.29) is 18.0 Å². The quantitative estimate of drug-likeness (QED) is 0.428. The van der Waals surface area contributed by atoms with E-state index in [1.807, 2.05) is 23.1 Å². The zero-order chi connectivity index (χ0) is 22.0. The van der Waals surface area contributed by atoms with Gasteiger partial charge in [0.15, 0.2) is 0 Å². The van der Waals surface area contributed by atoms with Crippen LogP contribution >= 0.6 is 0 Å². The number of hydrazine groups is 1. The monoisotopic (exact) mass is 421 g/mol. The number of carbonyl (C=O) groups excluding carboxylic acids is 2. The number of aromatic amines is 1. The van der Waals surface area contributed by atoms with Gasteiger partial charge in [0.25, 0.3) is 11.8 Å². The van der Waals surface area contributed by atoms with Crippen molar-refractivity contribution in [2.75, 3.05) is 18.0 Å². The van der Waals surface area contributed by atoms with Crippen molar-refractivity contribution in [2.24, 2.45) is 0 Å². The summed E-state index contributed by atoms with van der Waals surface area (Å²) in [5, 5.41) is 0. The minimum Gasteiger partial charge on any atom is -0.362 e. The van der Waals surface area contributed by atoms with Crippen LogP contribution in [0.3, 0.4) is 0 Å². The Morgan fingerprint density at radius 3 is 2.71 bits per heavy atom. The summed E-state index contributed by atoms with van der Waals surface area (Å²) >= 11 is 0. The van der Waals surface area contributed by atoms with Crippen molar-refractivity contribution in [3.05, 3.63) is 74.3 Å². The Morgan fingerprint density at radius 1 is 1.10 bits per heavy atom. The number of benzene rings is 2. The number of amides is 2. The van der Waals surface area contributed by atoms with Gasteiger partial charge in [0.2, 0.25) is 0 Å². The minimum absolute atomic E-state index is 0.130. The number of carbonyl (C=O) groups is 2. The van der Waals surface area contributed by atoms with Crippen LogP contribution in [-0.2, 0) is 17.8 Å². The predicted molar refractivity (Wildman–Crippen MR) is 117 cm³/mol. The van der Waals surface area contributed by atoms with E-state index in [0.29, 0.717) is 17.6 Å². The lowest BCUT2D eigenvalue weighted by molar-refractivity contribution is -0.120. The molecule has 0 spiro atoms. The number of H-pyrrole nitrogens is 1. The first kappa shape index (κ1) is 20.4. The molecule has 0 atom stereocenters. The molecule has 2 aromatic carbocycles. The summed E-state index contributed by atoms with van der Waals surface area (Å²) < 4.78 is 1.34. The molecule has 1 aromatic heterocycles. The van der Waals surface area contributed by atoms with Crippen molar-refractivity contribution in [3.8, 4) is 0 Å². The first-order chi connectivity index (χ1) is 15.0. The molecule has 3 N–H and O–H groups in total. The lowest BCUT2D eigenvalue weighted by Crippen LogP contribution is -2.47. The summed E-state index contributed by atoms with van der Waals surface area (Å²) in [6, 6.07) is 12.6. The van der Waals surface area contributed by atoms with Crippen molar-refractivity contribution >= 4 is 28.5 Å². The molecule has 0 aliphatic carbocycles. The number of nitrogens with one attached hydrogen (secondary N) is 3. The maximum Gasteiger partial charge on any atom is 0.316 e. The number of hydrogen-bond acceptors (Lipinski definition) is 5. The smallest absolute Gasteiger partial charge is 0.316 e. The number of para-hydroxylation sites is 1. The van der Waals surface area contributed by atoms with E-state index in [2.05, 4.69) is 21.9 Å². The van der Waals surface area contributed by atoms with E-state index in [1.54, 1.807) is 13.0 Å². The van der Waals surface area contributed by atoms with Gasteiger partial charge in [0, 0.05) is 24.3 Å². The summed E-state index contributed by atoms with van der Waals surface area (Å²) in [5.74, 6) is -0.858. The fourth-order valence-electron chi connectivity index (χ4n) is 3.92. The summed E-state index contributed by atoms with van der Waals surface area (Å²) in [6.45, 7) is 3.00. The van der Waals surface area contributed by atoms with Gasteiger partial charge in [0.1, 0.15) is 0 Å². The number of aryl methyl sites for hydroxylation is 2. The summed E-state index contributed by atoms with van der Waals surface area (Å²) in [6.07, 6.45) is 1.95. The van der Waals surface area contributed by atoms with Crippen molar-refractivity contribution in [3.63, 3.8) is 0 Å². The average Bonchev–Trinajstić information content (AvgIpc) is 2.78. The number of rotatable bonds is 4. The molecule has 0 saturated heterocycles. The van der Waals surface area contributed by atoms with Crippen LogP contribution in [0.15, 0.2) is 52.1 Å². The average molecular weight is 421 g/mol. The van der Waals surface area contributed by atoms with Crippen LogP contribution in [0.2, 0.25) is 0 Å². The fourth-order valence-corrected chi connectivity index (χ4v) is 3.92. The predicted octanol–water partition coefficient (Wildman–Crippen LogP) is 0.924. The summed E-state index contributed by atoms with van der Waals surface area (Å²) in [4.78, 5) is 53.1. The number of anilines is 1. The number of fused-ring (bicyclic) bond motifs is 2. The topological polar surface area (TPSA) is 116 Å². The lowest BCUT2D eigenvalue weighted by atomic mass is 10.0. The number of hydrogen-bond donors (Lipinski definition) is 3. The van der Waals surface area contributed by atoms with Crippen LogP contribution in [0.1, 0.15) is 29.3 Å². The maximum atomic E-state index is 12.5. The minimum atomic E-state index is -0.748. The highest BCUT2D eigenvalue weighted by atomic mass is 16.2. The first-order valence-electron chi connectivity index (χ1n) is 10.2. The number of nitrogens with zero attached hydrogens (tertiary/aromatic N) is 2. The Morgan fingerprint density at radius 2 is 1.90 bits per heavy atom. The zero-order valence-electron chi connectivity index (χ0n) is 17.1. The van der Waals surface area contributed by atoms with Crippen molar-refractivity contribution in [1.82, 2.24) is 20.4 Å². The molecule has 0 unspecified atom stereocenters. The van der Waals surface area contributed by atoms with Gasteiger partial charge < -0.3 is 14.5 Å². The number of aromatic nitrogens is 2. The van der Waals surface area contributed by atoms with E-state index < -0.39 is 17.0 Å². The molecule has 4 rings (SSSR count). The molecule has 0 fully saturated rings. The van der Waals surface area contributed by atoms with Crippen molar-refractivity contribution < 1.29 is 9.59 Å². The van der Waals surface area contributed by atoms with Crippen LogP contribution < -0.4 is 26.9 Å². The van der Waals surface area contributed by atoms with E-state index in [1.165, 1.54) is 22.3 Å². The van der Waals surface area contributed by atoms with Gasteiger partial charge in [0.05, 0.1) is 17.6 Å². The molecule has 31 heavy (non-hydrogen) atoms. The normalized spacial score (nSPS) is 13.0. The molecule has 160 valence electrons. The molecule has 2 amide bonds. The Balaban J connectivity index is 1.44. The Labute approximate surface area is 177 Å². The van der Waals surface area contributed by atoms with Gasteiger partial charge >= 0.3 is 11.1 Å². The van der Waals surface area contributed by atoms with Gasteiger partial charge in [-0.2, -0.15) is 0 Å². The fraction of sp³-hybridized carbons (Fsp3) is 0.273. The van der Waals surface area contributed by atoms with Crippen LogP contribution in [-0.4, -0.2) is 34.5 Å². The molecule has 2 heterocycles. The van der Waals surface area contributed by atoms with Gasteiger partial charge in [-0.1, -0.05) is 18.2 Å². The molecule has 9 nitrogen and oxygen atoms in total. The molecule has 0 radical (unpaired) electrons. The van der Waals surface area contributed by atoms with Crippen LogP contribution in [0, 0.1) is 0 Å². The van der Waals surface area contributed by atoms with Crippen molar-refractivity contribution in [2.45, 2.75) is 26.3 Å². The summed E-state index contributed by atoms with van der Waals surface area (Å²) in [7, 11) is 0. The van der Waals surface area contributed by atoms with Gasteiger partial charge in [-0.15, -0.1) is 0 Å². The van der Waals surface area contributed by atoms with Crippen LogP contribution in [0.5, 0.6) is 0 Å². The largest absolute Gasteiger partial charge is 0.362 e. The molecule has 1 aliphatic heterocycles. The third kappa shape index (κ3) is 4.07. The molecular formula is C22H23N5O4. The van der Waals surface area contributed by atoms with Crippen molar-refractivity contribution in [1.29, 1.82) is 0 Å². The molecule has 1 aliphatic rings. The van der Waals surface area contributed by atoms with E-state index >= 15 is 0 Å².